The highest BCUT2D eigenvalue weighted by molar-refractivity contribution is 5.86. The fourth-order valence-electron chi connectivity index (χ4n) is 3.31. The molecule has 0 fully saturated rings. The average molecular weight is 282 g/mol. The van der Waals surface area contributed by atoms with Gasteiger partial charge >= 0.3 is 0 Å². The number of hydrogen-bond donors (Lipinski definition) is 0. The van der Waals surface area contributed by atoms with Crippen molar-refractivity contribution in [2.45, 2.75) is 6.42 Å². The Balaban J connectivity index is 1.65. The lowest BCUT2D eigenvalue weighted by Gasteiger charge is -2.02. The van der Waals surface area contributed by atoms with Gasteiger partial charge in [-0.25, -0.2) is 4.68 Å². The first-order valence-corrected chi connectivity index (χ1v) is 7.55. The minimum Gasteiger partial charge on any atom is -0.237 e. The molecule has 3 aromatic carbocycles. The largest absolute Gasteiger partial charge is 0.237 e. The molecule has 0 N–H and O–H groups in total. The SMILES string of the molecule is c1ccc2c(c1)Cc1cc(-c3ccc4ccccc4c3)nn1-2. The maximum Gasteiger partial charge on any atom is 0.0930 e. The number of nitrogens with zero attached hydrogens (tertiary/aromatic N) is 2. The van der Waals surface area contributed by atoms with Crippen molar-refractivity contribution in [2.24, 2.45) is 0 Å². The molecule has 0 saturated carbocycles. The minimum absolute atomic E-state index is 0.969. The van der Waals surface area contributed by atoms with E-state index in [-0.39, 0.29) is 0 Å². The van der Waals surface area contributed by atoms with E-state index < -0.39 is 0 Å². The molecule has 2 heteroatoms. The number of para-hydroxylation sites is 1. The molecular weight excluding hydrogens is 268 g/mol. The lowest BCUT2D eigenvalue weighted by Crippen LogP contribution is -1.94. The summed E-state index contributed by atoms with van der Waals surface area (Å²) < 4.78 is 2.08. The van der Waals surface area contributed by atoms with Crippen LogP contribution in [0.1, 0.15) is 11.3 Å². The first-order valence-electron chi connectivity index (χ1n) is 7.55. The van der Waals surface area contributed by atoms with E-state index in [4.69, 9.17) is 5.10 Å². The van der Waals surface area contributed by atoms with Gasteiger partial charge in [0.2, 0.25) is 0 Å². The van der Waals surface area contributed by atoms with Crippen molar-refractivity contribution in [2.75, 3.05) is 0 Å². The van der Waals surface area contributed by atoms with Crippen LogP contribution >= 0.6 is 0 Å². The van der Waals surface area contributed by atoms with E-state index in [1.807, 2.05) is 0 Å². The summed E-state index contributed by atoms with van der Waals surface area (Å²) in [6, 6.07) is 25.7. The molecule has 0 amide bonds. The van der Waals surface area contributed by atoms with Crippen molar-refractivity contribution < 1.29 is 0 Å². The van der Waals surface area contributed by atoms with E-state index in [0.29, 0.717) is 0 Å². The summed E-state index contributed by atoms with van der Waals surface area (Å²) >= 11 is 0. The Morgan fingerprint density at radius 2 is 1.59 bits per heavy atom. The van der Waals surface area contributed by atoms with Crippen LogP contribution in [0.3, 0.4) is 0 Å². The van der Waals surface area contributed by atoms with E-state index in [1.165, 1.54) is 33.3 Å². The predicted octanol–water partition coefficient (Wildman–Crippen LogP) is 4.60. The molecule has 0 radical (unpaired) electrons. The van der Waals surface area contributed by atoms with Crippen LogP contribution in [0.2, 0.25) is 0 Å². The molecule has 0 aliphatic carbocycles. The van der Waals surface area contributed by atoms with Gasteiger partial charge in [-0.1, -0.05) is 54.6 Å². The minimum atomic E-state index is 0.969. The van der Waals surface area contributed by atoms with Crippen LogP contribution < -0.4 is 0 Å². The zero-order valence-corrected chi connectivity index (χ0v) is 12.0. The molecule has 0 spiro atoms. The number of rotatable bonds is 1. The van der Waals surface area contributed by atoms with Crippen molar-refractivity contribution in [3.05, 3.63) is 84.1 Å². The smallest absolute Gasteiger partial charge is 0.0930 e. The number of benzene rings is 3. The lowest BCUT2D eigenvalue weighted by molar-refractivity contribution is 0.874. The summed E-state index contributed by atoms with van der Waals surface area (Å²) in [7, 11) is 0. The fourth-order valence-corrected chi connectivity index (χ4v) is 3.31. The predicted molar refractivity (Wildman–Crippen MR) is 89.3 cm³/mol. The zero-order chi connectivity index (χ0) is 14.5. The zero-order valence-electron chi connectivity index (χ0n) is 12.0. The van der Waals surface area contributed by atoms with Gasteiger partial charge in [0.05, 0.1) is 11.4 Å². The van der Waals surface area contributed by atoms with Gasteiger partial charge in [-0.3, -0.25) is 0 Å². The quantitative estimate of drug-likeness (QED) is 0.439. The summed E-state index contributed by atoms with van der Waals surface area (Å²) in [5.74, 6) is 0. The third-order valence-electron chi connectivity index (χ3n) is 4.42. The van der Waals surface area contributed by atoms with E-state index >= 15 is 0 Å². The van der Waals surface area contributed by atoms with Crippen molar-refractivity contribution in [1.82, 2.24) is 9.78 Å². The lowest BCUT2D eigenvalue weighted by atomic mass is 10.0. The van der Waals surface area contributed by atoms with E-state index in [1.54, 1.807) is 0 Å². The standard InChI is InChI=1S/C20H14N2/c1-2-6-15-11-16(10-9-14(15)5-1)19-13-18-12-17-7-3-4-8-20(17)22(18)21-19/h1-11,13H,12H2. The van der Waals surface area contributed by atoms with Crippen molar-refractivity contribution in [3.63, 3.8) is 0 Å². The molecule has 5 rings (SSSR count). The molecule has 0 bridgehead atoms. The van der Waals surface area contributed by atoms with Gasteiger partial charge in [-0.2, -0.15) is 5.10 Å². The summed E-state index contributed by atoms with van der Waals surface area (Å²) in [5.41, 5.74) is 6.07. The first kappa shape index (κ1) is 11.8. The Kier molecular flexibility index (Phi) is 2.30. The van der Waals surface area contributed by atoms with Crippen LogP contribution in [0.5, 0.6) is 0 Å². The monoisotopic (exact) mass is 282 g/mol. The summed E-state index contributed by atoms with van der Waals surface area (Å²) in [5, 5.41) is 7.35. The molecule has 0 atom stereocenters. The number of hydrogen-bond acceptors (Lipinski definition) is 1. The van der Waals surface area contributed by atoms with Gasteiger partial charge in [0.1, 0.15) is 0 Å². The molecule has 0 unspecified atom stereocenters. The van der Waals surface area contributed by atoms with Crippen LogP contribution in [0, 0.1) is 0 Å². The van der Waals surface area contributed by atoms with Gasteiger partial charge in [0.25, 0.3) is 0 Å². The van der Waals surface area contributed by atoms with Crippen molar-refractivity contribution >= 4 is 10.8 Å². The Morgan fingerprint density at radius 1 is 0.773 bits per heavy atom. The highest BCUT2D eigenvalue weighted by atomic mass is 15.3. The maximum atomic E-state index is 4.83. The second-order valence-electron chi connectivity index (χ2n) is 5.80. The van der Waals surface area contributed by atoms with Crippen LogP contribution in [-0.2, 0) is 6.42 Å². The second kappa shape index (κ2) is 4.31. The van der Waals surface area contributed by atoms with Gasteiger partial charge in [-0.15, -0.1) is 0 Å². The maximum absolute atomic E-state index is 4.83. The summed E-state index contributed by atoms with van der Waals surface area (Å²) in [6.45, 7) is 0. The molecule has 2 nitrogen and oxygen atoms in total. The Morgan fingerprint density at radius 3 is 2.55 bits per heavy atom. The topological polar surface area (TPSA) is 17.8 Å². The molecule has 22 heavy (non-hydrogen) atoms. The van der Waals surface area contributed by atoms with Gasteiger partial charge in [0, 0.05) is 17.7 Å². The van der Waals surface area contributed by atoms with E-state index in [2.05, 4.69) is 77.5 Å². The third kappa shape index (κ3) is 1.64. The van der Waals surface area contributed by atoms with E-state index in [9.17, 15) is 0 Å². The molecular formula is C20H14N2. The first-order chi connectivity index (χ1) is 10.9. The van der Waals surface area contributed by atoms with Crippen LogP contribution in [-0.4, -0.2) is 9.78 Å². The van der Waals surface area contributed by atoms with Crippen LogP contribution in [0.15, 0.2) is 72.8 Å². The molecule has 1 aromatic heterocycles. The van der Waals surface area contributed by atoms with E-state index in [0.717, 1.165) is 12.1 Å². The van der Waals surface area contributed by atoms with Crippen LogP contribution in [0.25, 0.3) is 27.7 Å². The van der Waals surface area contributed by atoms with Gasteiger partial charge in [-0.05, 0) is 34.5 Å². The van der Waals surface area contributed by atoms with Gasteiger partial charge in [0.15, 0.2) is 0 Å². The number of fused-ring (bicyclic) bond motifs is 4. The van der Waals surface area contributed by atoms with Crippen LogP contribution in [0.4, 0.5) is 0 Å². The Hall–Kier alpha value is -2.87. The summed E-state index contributed by atoms with van der Waals surface area (Å²) in [4.78, 5) is 0. The molecule has 4 aromatic rings. The third-order valence-corrected chi connectivity index (χ3v) is 4.42. The van der Waals surface area contributed by atoms with Crippen molar-refractivity contribution in [3.8, 4) is 16.9 Å². The normalized spacial score (nSPS) is 12.4. The Labute approximate surface area is 128 Å². The second-order valence-corrected chi connectivity index (χ2v) is 5.80. The summed E-state index contributed by atoms with van der Waals surface area (Å²) in [6.07, 6.45) is 0.969. The molecule has 104 valence electrons. The molecule has 2 heterocycles. The fraction of sp³-hybridized carbons (Fsp3) is 0.0500. The van der Waals surface area contributed by atoms with Gasteiger partial charge < -0.3 is 0 Å². The Bertz CT molecular complexity index is 1010. The average Bonchev–Trinajstić information content (AvgIpc) is 3.12. The number of aromatic nitrogens is 2. The highest BCUT2D eigenvalue weighted by Crippen LogP contribution is 2.31. The molecule has 1 aliphatic heterocycles. The molecule has 1 aliphatic rings. The van der Waals surface area contributed by atoms with Crippen molar-refractivity contribution in [1.29, 1.82) is 0 Å². The molecule has 0 saturated heterocycles. The highest BCUT2D eigenvalue weighted by Gasteiger charge is 2.20.